The summed E-state index contributed by atoms with van der Waals surface area (Å²) in [5, 5.41) is 3.69. The Morgan fingerprint density at radius 3 is 2.61 bits per heavy atom. The maximum absolute atomic E-state index is 5.22. The van der Waals surface area contributed by atoms with E-state index in [-0.39, 0.29) is 0 Å². The lowest BCUT2D eigenvalue weighted by Crippen LogP contribution is -2.71. The van der Waals surface area contributed by atoms with Crippen LogP contribution in [0, 0.1) is 3.57 Å². The molecule has 1 N–H and O–H groups in total. The van der Waals surface area contributed by atoms with Crippen LogP contribution in [-0.4, -0.2) is 47.3 Å². The highest BCUT2D eigenvalue weighted by molar-refractivity contribution is 14.1. The van der Waals surface area contributed by atoms with Crippen molar-refractivity contribution in [2.24, 2.45) is 0 Å². The molecule has 6 heteroatoms. The van der Waals surface area contributed by atoms with Gasteiger partial charge in [0.1, 0.15) is 0 Å². The van der Waals surface area contributed by atoms with E-state index < -0.39 is 0 Å². The molecule has 3 fully saturated rings. The average Bonchev–Trinajstić information content (AvgIpc) is 3.10. The number of aromatic nitrogens is 2. The zero-order valence-electron chi connectivity index (χ0n) is 9.97. The summed E-state index contributed by atoms with van der Waals surface area (Å²) >= 11 is 2.24. The third kappa shape index (κ3) is 1.65. The molecule has 1 spiro atoms. The monoisotopic (exact) mass is 358 g/mol. The molecule has 1 atom stereocenters. The summed E-state index contributed by atoms with van der Waals surface area (Å²) in [6.45, 7) is 2.76. The van der Waals surface area contributed by atoms with E-state index in [9.17, 15) is 0 Å². The molecule has 2 aliphatic heterocycles. The average molecular weight is 358 g/mol. The first kappa shape index (κ1) is 11.4. The van der Waals surface area contributed by atoms with Gasteiger partial charge in [-0.25, -0.2) is 9.97 Å². The molecule has 5 nitrogen and oxygen atoms in total. The minimum Gasteiger partial charge on any atom is -0.378 e. The Balaban J connectivity index is 1.47. The van der Waals surface area contributed by atoms with Crippen molar-refractivity contribution in [3.63, 3.8) is 0 Å². The minimum atomic E-state index is 0.308. The Morgan fingerprint density at radius 2 is 2.06 bits per heavy atom. The summed E-state index contributed by atoms with van der Waals surface area (Å²) in [5.74, 6) is 0.885. The number of nitrogens with zero attached hydrogens (tertiary/aromatic N) is 3. The number of rotatable bonds is 3. The molecule has 3 heterocycles. The van der Waals surface area contributed by atoms with E-state index in [0.29, 0.717) is 17.6 Å². The van der Waals surface area contributed by atoms with Crippen molar-refractivity contribution in [1.29, 1.82) is 0 Å². The molecule has 3 aliphatic rings. The van der Waals surface area contributed by atoms with E-state index in [1.807, 2.05) is 12.4 Å². The molecule has 0 radical (unpaired) electrons. The molecule has 4 rings (SSSR count). The molecule has 2 saturated heterocycles. The molecule has 1 unspecified atom stereocenters. The zero-order valence-corrected chi connectivity index (χ0v) is 12.1. The Kier molecular flexibility index (Phi) is 2.53. The van der Waals surface area contributed by atoms with Gasteiger partial charge in [-0.3, -0.25) is 0 Å². The largest absolute Gasteiger partial charge is 0.378 e. The Bertz CT molecular complexity index is 458. The molecule has 0 amide bonds. The predicted octanol–water partition coefficient (Wildman–Crippen LogP) is 0.791. The normalized spacial score (nSPS) is 28.9. The van der Waals surface area contributed by atoms with Crippen LogP contribution in [0.5, 0.6) is 0 Å². The van der Waals surface area contributed by atoms with Gasteiger partial charge in [0.2, 0.25) is 5.95 Å². The number of ether oxygens (including phenoxy) is 1. The second-order valence-electron chi connectivity index (χ2n) is 5.37. The van der Waals surface area contributed by atoms with Crippen molar-refractivity contribution in [2.75, 3.05) is 24.7 Å². The second kappa shape index (κ2) is 4.01. The van der Waals surface area contributed by atoms with Gasteiger partial charge in [-0.05, 0) is 35.4 Å². The zero-order chi connectivity index (χ0) is 12.2. The lowest BCUT2D eigenvalue weighted by molar-refractivity contribution is -0.0154. The van der Waals surface area contributed by atoms with Crippen LogP contribution < -0.4 is 10.2 Å². The summed E-state index contributed by atoms with van der Waals surface area (Å²) in [6, 6.07) is 1.15. The molecule has 0 bridgehead atoms. The van der Waals surface area contributed by atoms with Crippen LogP contribution in [0.2, 0.25) is 0 Å². The van der Waals surface area contributed by atoms with Gasteiger partial charge in [0.05, 0.1) is 24.8 Å². The summed E-state index contributed by atoms with van der Waals surface area (Å²) in [6.07, 6.45) is 6.29. The van der Waals surface area contributed by atoms with Gasteiger partial charge in [-0.1, -0.05) is 0 Å². The summed E-state index contributed by atoms with van der Waals surface area (Å²) in [4.78, 5) is 11.2. The van der Waals surface area contributed by atoms with Crippen molar-refractivity contribution in [3.8, 4) is 0 Å². The second-order valence-corrected chi connectivity index (χ2v) is 6.61. The number of hydrogen-bond acceptors (Lipinski definition) is 5. The summed E-state index contributed by atoms with van der Waals surface area (Å²) in [7, 11) is 0. The standard InChI is InChI=1S/C12H15IN4O/c13-8-3-14-11(15-4-8)17-5-10(12(17)1-2-12)16-9-6-18-7-9/h3-4,9-10,16H,1-2,5-7H2. The highest BCUT2D eigenvalue weighted by atomic mass is 127. The van der Waals surface area contributed by atoms with Gasteiger partial charge >= 0.3 is 0 Å². The quantitative estimate of drug-likeness (QED) is 0.810. The molecular weight excluding hydrogens is 343 g/mol. The van der Waals surface area contributed by atoms with E-state index in [1.54, 1.807) is 0 Å². The maximum atomic E-state index is 5.22. The van der Waals surface area contributed by atoms with Crippen LogP contribution in [0.4, 0.5) is 5.95 Å². The van der Waals surface area contributed by atoms with Gasteiger partial charge in [0.25, 0.3) is 0 Å². The molecule has 0 aromatic carbocycles. The van der Waals surface area contributed by atoms with E-state index in [0.717, 1.165) is 29.3 Å². The van der Waals surface area contributed by atoms with Crippen LogP contribution in [0.3, 0.4) is 0 Å². The Labute approximate surface area is 119 Å². The van der Waals surface area contributed by atoms with Gasteiger partial charge in [-0.15, -0.1) is 0 Å². The Morgan fingerprint density at radius 1 is 1.33 bits per heavy atom. The van der Waals surface area contributed by atoms with Crippen LogP contribution in [0.25, 0.3) is 0 Å². The summed E-state index contributed by atoms with van der Waals surface area (Å²) in [5.41, 5.74) is 0.308. The van der Waals surface area contributed by atoms with Gasteiger partial charge in [0.15, 0.2) is 0 Å². The van der Waals surface area contributed by atoms with Crippen molar-refractivity contribution >= 4 is 28.5 Å². The highest BCUT2D eigenvalue weighted by Gasteiger charge is 2.63. The lowest BCUT2D eigenvalue weighted by atomic mass is 9.92. The first-order valence-corrected chi connectivity index (χ1v) is 7.45. The van der Waals surface area contributed by atoms with Crippen molar-refractivity contribution in [2.45, 2.75) is 30.5 Å². The molecule has 18 heavy (non-hydrogen) atoms. The van der Waals surface area contributed by atoms with Crippen LogP contribution in [-0.2, 0) is 4.74 Å². The van der Waals surface area contributed by atoms with Gasteiger partial charge in [0, 0.05) is 28.6 Å². The first-order chi connectivity index (χ1) is 8.78. The molecular formula is C12H15IN4O. The fourth-order valence-electron chi connectivity index (χ4n) is 2.91. The van der Waals surface area contributed by atoms with E-state index in [4.69, 9.17) is 4.74 Å². The van der Waals surface area contributed by atoms with E-state index in [2.05, 4.69) is 42.8 Å². The fourth-order valence-corrected chi connectivity index (χ4v) is 3.18. The lowest BCUT2D eigenvalue weighted by Gasteiger charge is -2.51. The van der Waals surface area contributed by atoms with Gasteiger partial charge < -0.3 is 15.0 Å². The smallest absolute Gasteiger partial charge is 0.225 e. The molecule has 1 aromatic heterocycles. The summed E-state index contributed by atoms with van der Waals surface area (Å²) < 4.78 is 6.30. The third-order valence-electron chi connectivity index (χ3n) is 4.24. The first-order valence-electron chi connectivity index (χ1n) is 6.37. The van der Waals surface area contributed by atoms with Crippen LogP contribution >= 0.6 is 22.6 Å². The molecule has 96 valence electrons. The number of hydrogen-bond donors (Lipinski definition) is 1. The predicted molar refractivity (Wildman–Crippen MR) is 75.6 cm³/mol. The van der Waals surface area contributed by atoms with Crippen LogP contribution in [0.1, 0.15) is 12.8 Å². The fraction of sp³-hybridized carbons (Fsp3) is 0.667. The highest BCUT2D eigenvalue weighted by Crippen LogP contribution is 2.52. The number of anilines is 1. The molecule has 1 saturated carbocycles. The SMILES string of the molecule is Ic1cnc(N2CC(NC3COC3)C23CC3)nc1. The number of nitrogens with one attached hydrogen (secondary N) is 1. The van der Waals surface area contributed by atoms with E-state index >= 15 is 0 Å². The number of halogens is 1. The molecule has 1 aromatic rings. The molecule has 1 aliphatic carbocycles. The Hall–Kier alpha value is -0.470. The topological polar surface area (TPSA) is 50.3 Å². The third-order valence-corrected chi connectivity index (χ3v) is 4.79. The van der Waals surface area contributed by atoms with Gasteiger partial charge in [-0.2, -0.15) is 0 Å². The van der Waals surface area contributed by atoms with E-state index in [1.165, 1.54) is 12.8 Å². The minimum absolute atomic E-state index is 0.308. The van der Waals surface area contributed by atoms with Crippen LogP contribution in [0.15, 0.2) is 12.4 Å². The van der Waals surface area contributed by atoms with Crippen molar-refractivity contribution in [3.05, 3.63) is 16.0 Å². The maximum Gasteiger partial charge on any atom is 0.225 e. The van der Waals surface area contributed by atoms with Crippen molar-refractivity contribution in [1.82, 2.24) is 15.3 Å². The van der Waals surface area contributed by atoms with Crippen molar-refractivity contribution < 1.29 is 4.74 Å².